The first-order chi connectivity index (χ1) is 13.5. The third-order valence-electron chi connectivity index (χ3n) is 6.09. The number of rotatable bonds is 5. The Morgan fingerprint density at radius 3 is 2.50 bits per heavy atom. The second-order valence-electron chi connectivity index (χ2n) is 7.82. The maximum absolute atomic E-state index is 12.9. The van der Waals surface area contributed by atoms with Crippen molar-refractivity contribution in [1.29, 1.82) is 0 Å². The van der Waals surface area contributed by atoms with Gasteiger partial charge in [0.15, 0.2) is 0 Å². The fourth-order valence-electron chi connectivity index (χ4n) is 4.31. The molecule has 5 nitrogen and oxygen atoms in total. The van der Waals surface area contributed by atoms with Crippen LogP contribution in [0.3, 0.4) is 0 Å². The molecule has 2 aliphatic heterocycles. The molecule has 2 aliphatic rings. The molecule has 4 rings (SSSR count). The lowest BCUT2D eigenvalue weighted by molar-refractivity contribution is 0.0693. The molecule has 0 aliphatic carbocycles. The monoisotopic (exact) mass is 378 g/mol. The SMILES string of the molecule is C[C@@H]1CCCN1CCN1CCc2cc(-c3ccc(C(=O)O)cc3)ccc2C1=O. The zero-order chi connectivity index (χ0) is 19.7. The van der Waals surface area contributed by atoms with Gasteiger partial charge in [-0.05, 0) is 67.6 Å². The average Bonchev–Trinajstić information content (AvgIpc) is 3.12. The minimum Gasteiger partial charge on any atom is -0.478 e. The summed E-state index contributed by atoms with van der Waals surface area (Å²) in [6.07, 6.45) is 3.37. The van der Waals surface area contributed by atoms with Crippen LogP contribution in [0.5, 0.6) is 0 Å². The summed E-state index contributed by atoms with van der Waals surface area (Å²) in [5.74, 6) is -0.799. The number of hydrogen-bond acceptors (Lipinski definition) is 3. The number of likely N-dealkylation sites (tertiary alicyclic amines) is 1. The van der Waals surface area contributed by atoms with Crippen molar-refractivity contribution in [2.75, 3.05) is 26.2 Å². The Hall–Kier alpha value is -2.66. The second kappa shape index (κ2) is 7.76. The number of carboxylic acids is 1. The van der Waals surface area contributed by atoms with Gasteiger partial charge in [-0.25, -0.2) is 4.79 Å². The lowest BCUT2D eigenvalue weighted by Crippen LogP contribution is -2.43. The highest BCUT2D eigenvalue weighted by Gasteiger charge is 2.26. The molecule has 28 heavy (non-hydrogen) atoms. The molecule has 5 heteroatoms. The molecular formula is C23H26N2O3. The van der Waals surface area contributed by atoms with Gasteiger partial charge in [-0.2, -0.15) is 0 Å². The fraction of sp³-hybridized carbons (Fsp3) is 0.391. The van der Waals surface area contributed by atoms with Crippen molar-refractivity contribution in [3.05, 3.63) is 59.2 Å². The van der Waals surface area contributed by atoms with E-state index in [1.54, 1.807) is 12.1 Å². The minimum atomic E-state index is -0.925. The van der Waals surface area contributed by atoms with E-state index in [0.717, 1.165) is 54.9 Å². The first-order valence-corrected chi connectivity index (χ1v) is 10.0. The van der Waals surface area contributed by atoms with Crippen LogP contribution in [0.2, 0.25) is 0 Å². The van der Waals surface area contributed by atoms with Gasteiger partial charge in [0.05, 0.1) is 5.56 Å². The molecular weight excluding hydrogens is 352 g/mol. The number of hydrogen-bond donors (Lipinski definition) is 1. The van der Waals surface area contributed by atoms with Gasteiger partial charge >= 0.3 is 5.97 Å². The van der Waals surface area contributed by atoms with E-state index in [-0.39, 0.29) is 11.5 Å². The molecule has 2 aromatic rings. The third-order valence-corrected chi connectivity index (χ3v) is 6.09. The molecule has 1 saturated heterocycles. The Morgan fingerprint density at radius 2 is 1.82 bits per heavy atom. The van der Waals surface area contributed by atoms with Crippen molar-refractivity contribution in [2.45, 2.75) is 32.2 Å². The second-order valence-corrected chi connectivity index (χ2v) is 7.82. The van der Waals surface area contributed by atoms with Gasteiger partial charge in [-0.1, -0.05) is 24.3 Å². The van der Waals surface area contributed by atoms with Crippen molar-refractivity contribution < 1.29 is 14.7 Å². The smallest absolute Gasteiger partial charge is 0.335 e. The summed E-state index contributed by atoms with van der Waals surface area (Å²) in [7, 11) is 0. The number of fused-ring (bicyclic) bond motifs is 1. The van der Waals surface area contributed by atoms with E-state index in [1.807, 2.05) is 29.2 Å². The van der Waals surface area contributed by atoms with Gasteiger partial charge in [-0.3, -0.25) is 9.69 Å². The van der Waals surface area contributed by atoms with Crippen LogP contribution in [0.15, 0.2) is 42.5 Å². The predicted molar refractivity (Wildman–Crippen MR) is 109 cm³/mol. The summed E-state index contributed by atoms with van der Waals surface area (Å²) in [5.41, 5.74) is 4.13. The lowest BCUT2D eigenvalue weighted by atomic mass is 9.93. The summed E-state index contributed by atoms with van der Waals surface area (Å²) in [6.45, 7) is 5.92. The normalized spacial score (nSPS) is 19.7. The zero-order valence-corrected chi connectivity index (χ0v) is 16.2. The molecule has 0 bridgehead atoms. The molecule has 0 unspecified atom stereocenters. The molecule has 0 spiro atoms. The van der Waals surface area contributed by atoms with E-state index in [1.165, 1.54) is 12.8 Å². The Balaban J connectivity index is 1.47. The van der Waals surface area contributed by atoms with Gasteiger partial charge in [0.25, 0.3) is 5.91 Å². The molecule has 1 fully saturated rings. The fourth-order valence-corrected chi connectivity index (χ4v) is 4.31. The first kappa shape index (κ1) is 18.7. The maximum atomic E-state index is 12.9. The Bertz CT molecular complexity index is 891. The van der Waals surface area contributed by atoms with Crippen LogP contribution in [0.4, 0.5) is 0 Å². The Kier molecular flexibility index (Phi) is 5.18. The number of carboxylic acid groups (broad SMARTS) is 1. The van der Waals surface area contributed by atoms with Crippen LogP contribution in [-0.2, 0) is 6.42 Å². The van der Waals surface area contributed by atoms with E-state index in [2.05, 4.69) is 17.9 Å². The van der Waals surface area contributed by atoms with E-state index < -0.39 is 5.97 Å². The van der Waals surface area contributed by atoms with Crippen molar-refractivity contribution >= 4 is 11.9 Å². The van der Waals surface area contributed by atoms with Gasteiger partial charge in [0, 0.05) is 31.2 Å². The lowest BCUT2D eigenvalue weighted by Gasteiger charge is -2.31. The molecule has 2 heterocycles. The first-order valence-electron chi connectivity index (χ1n) is 10.0. The van der Waals surface area contributed by atoms with Gasteiger partial charge < -0.3 is 10.0 Å². The summed E-state index contributed by atoms with van der Waals surface area (Å²) in [5, 5.41) is 9.04. The number of aromatic carboxylic acids is 1. The molecule has 0 aromatic heterocycles. The highest BCUT2D eigenvalue weighted by atomic mass is 16.4. The quantitative estimate of drug-likeness (QED) is 0.865. The molecule has 146 valence electrons. The highest BCUT2D eigenvalue weighted by molar-refractivity contribution is 5.97. The van der Waals surface area contributed by atoms with Crippen LogP contribution in [-0.4, -0.2) is 59.0 Å². The van der Waals surface area contributed by atoms with E-state index >= 15 is 0 Å². The van der Waals surface area contributed by atoms with Gasteiger partial charge in [-0.15, -0.1) is 0 Å². The van der Waals surface area contributed by atoms with Crippen molar-refractivity contribution in [3.63, 3.8) is 0 Å². The van der Waals surface area contributed by atoms with E-state index in [4.69, 9.17) is 5.11 Å². The van der Waals surface area contributed by atoms with Crippen molar-refractivity contribution in [2.24, 2.45) is 0 Å². The van der Waals surface area contributed by atoms with Crippen molar-refractivity contribution in [1.82, 2.24) is 9.80 Å². The van der Waals surface area contributed by atoms with Crippen LogP contribution in [0.25, 0.3) is 11.1 Å². The average molecular weight is 378 g/mol. The molecule has 0 radical (unpaired) electrons. The van der Waals surface area contributed by atoms with E-state index in [9.17, 15) is 9.59 Å². The predicted octanol–water partition coefficient (Wildman–Crippen LogP) is 3.53. The summed E-state index contributed by atoms with van der Waals surface area (Å²) in [6, 6.07) is 13.4. The Morgan fingerprint density at radius 1 is 1.07 bits per heavy atom. The molecule has 1 N–H and O–H groups in total. The molecule has 0 saturated carbocycles. The van der Waals surface area contributed by atoms with Crippen molar-refractivity contribution in [3.8, 4) is 11.1 Å². The number of carbonyl (C=O) groups is 2. The zero-order valence-electron chi connectivity index (χ0n) is 16.2. The van der Waals surface area contributed by atoms with Crippen LogP contribution in [0.1, 0.15) is 46.0 Å². The number of amides is 1. The third kappa shape index (κ3) is 3.67. The van der Waals surface area contributed by atoms with Crippen LogP contribution >= 0.6 is 0 Å². The Labute approximate surface area is 165 Å². The highest BCUT2D eigenvalue weighted by Crippen LogP contribution is 2.27. The number of benzene rings is 2. The van der Waals surface area contributed by atoms with Crippen LogP contribution < -0.4 is 0 Å². The number of nitrogens with zero attached hydrogens (tertiary/aromatic N) is 2. The van der Waals surface area contributed by atoms with Gasteiger partial charge in [0.1, 0.15) is 0 Å². The summed E-state index contributed by atoms with van der Waals surface area (Å²) < 4.78 is 0. The molecule has 1 atom stereocenters. The molecule has 2 aromatic carbocycles. The number of carbonyl (C=O) groups excluding carboxylic acids is 1. The van der Waals surface area contributed by atoms with Gasteiger partial charge in [0.2, 0.25) is 0 Å². The maximum Gasteiger partial charge on any atom is 0.335 e. The largest absolute Gasteiger partial charge is 0.478 e. The topological polar surface area (TPSA) is 60.9 Å². The summed E-state index contributed by atoms with van der Waals surface area (Å²) in [4.78, 5) is 28.4. The standard InChI is InChI=1S/C23H26N2O3/c1-16-3-2-11-24(16)13-14-25-12-10-20-15-19(8-9-21(20)22(25)26)17-4-6-18(7-5-17)23(27)28/h4-9,15-16H,2-3,10-14H2,1H3,(H,27,28)/t16-/m1/s1. The summed E-state index contributed by atoms with van der Waals surface area (Å²) >= 11 is 0. The minimum absolute atomic E-state index is 0.126. The van der Waals surface area contributed by atoms with E-state index in [0.29, 0.717) is 6.04 Å². The van der Waals surface area contributed by atoms with Crippen LogP contribution in [0, 0.1) is 0 Å². The molecule has 1 amide bonds.